The van der Waals surface area contributed by atoms with Crippen molar-refractivity contribution in [3.8, 4) is 17.6 Å². The van der Waals surface area contributed by atoms with E-state index in [-0.39, 0.29) is 28.2 Å². The summed E-state index contributed by atoms with van der Waals surface area (Å²) >= 11 is 0. The molecule has 0 bridgehead atoms. The van der Waals surface area contributed by atoms with E-state index < -0.39 is 12.4 Å². The minimum Gasteiger partial charge on any atom is -0.493 e. The average molecular weight is 333 g/mol. The van der Waals surface area contributed by atoms with Crippen LogP contribution < -0.4 is 9.47 Å². The quantitative estimate of drug-likeness (QED) is 0.454. The van der Waals surface area contributed by atoms with Crippen molar-refractivity contribution in [2.45, 2.75) is 13.5 Å². The van der Waals surface area contributed by atoms with E-state index in [1.165, 1.54) is 43.7 Å². The van der Waals surface area contributed by atoms with Gasteiger partial charge in [0.1, 0.15) is 17.4 Å². The van der Waals surface area contributed by atoms with Crippen LogP contribution in [0.3, 0.4) is 0 Å². The highest BCUT2D eigenvalue weighted by molar-refractivity contribution is 6.14. The van der Waals surface area contributed by atoms with E-state index in [1.807, 2.05) is 0 Å². The first-order valence-electron chi connectivity index (χ1n) is 6.80. The number of aryl methyl sites for hydroxylation is 1. The van der Waals surface area contributed by atoms with E-state index in [9.17, 15) is 18.8 Å². The van der Waals surface area contributed by atoms with Gasteiger partial charge < -0.3 is 13.9 Å². The predicted molar refractivity (Wildman–Crippen MR) is 81.0 cm³/mol. The number of para-hydroxylation sites is 1. The number of nitrogens with zero attached hydrogens (tertiary/aromatic N) is 1. The summed E-state index contributed by atoms with van der Waals surface area (Å²) in [7, 11) is 1.30. The van der Waals surface area contributed by atoms with Crippen LogP contribution in [0.4, 0.5) is 8.78 Å². The molecule has 7 heteroatoms. The Morgan fingerprint density at radius 2 is 2.12 bits per heavy atom. The number of nitriles is 1. The predicted octanol–water partition coefficient (Wildman–Crippen LogP) is 3.99. The molecule has 124 valence electrons. The number of hydrogen-bond acceptors (Lipinski definition) is 5. The Balaban J connectivity index is 2.50. The van der Waals surface area contributed by atoms with Gasteiger partial charge in [0.25, 0.3) is 0 Å². The molecular formula is C17H13F2NO4. The third-order valence-corrected chi connectivity index (χ3v) is 3.20. The Labute approximate surface area is 136 Å². The molecule has 0 aliphatic rings. The Bertz CT molecular complexity index is 818. The van der Waals surface area contributed by atoms with Gasteiger partial charge in [0.2, 0.25) is 5.78 Å². The summed E-state index contributed by atoms with van der Waals surface area (Å²) in [6, 6.07) is 7.61. The molecule has 2 aromatic rings. The summed E-state index contributed by atoms with van der Waals surface area (Å²) in [6.07, 6.45) is 2.50. The number of methoxy groups -OCH3 is 1. The maximum absolute atomic E-state index is 12.6. The van der Waals surface area contributed by atoms with E-state index in [2.05, 4.69) is 4.74 Å². The largest absolute Gasteiger partial charge is 0.493 e. The van der Waals surface area contributed by atoms with Gasteiger partial charge >= 0.3 is 6.61 Å². The number of hydrogen-bond donors (Lipinski definition) is 0. The van der Waals surface area contributed by atoms with Crippen LogP contribution in [0.1, 0.15) is 21.7 Å². The lowest BCUT2D eigenvalue weighted by Crippen LogP contribution is -2.06. The van der Waals surface area contributed by atoms with Crippen LogP contribution >= 0.6 is 0 Å². The Morgan fingerprint density at radius 3 is 2.67 bits per heavy atom. The van der Waals surface area contributed by atoms with E-state index in [1.54, 1.807) is 13.0 Å². The molecule has 0 fully saturated rings. The summed E-state index contributed by atoms with van der Waals surface area (Å²) in [4.78, 5) is 12.4. The Kier molecular flexibility index (Phi) is 5.32. The molecule has 0 atom stereocenters. The molecule has 0 radical (unpaired) electrons. The number of furan rings is 1. The fourth-order valence-corrected chi connectivity index (χ4v) is 2.09. The number of halogens is 2. The summed E-state index contributed by atoms with van der Waals surface area (Å²) < 4.78 is 39.7. The first-order chi connectivity index (χ1) is 11.5. The van der Waals surface area contributed by atoms with Gasteiger partial charge in [-0.2, -0.15) is 14.0 Å². The van der Waals surface area contributed by atoms with Gasteiger partial charge in [-0.05, 0) is 25.1 Å². The molecule has 0 aliphatic heterocycles. The highest BCUT2D eigenvalue weighted by atomic mass is 19.3. The first kappa shape index (κ1) is 17.2. The summed E-state index contributed by atoms with van der Waals surface area (Å²) in [5.74, 6) is -0.404. The van der Waals surface area contributed by atoms with Crippen molar-refractivity contribution < 1.29 is 27.5 Å². The molecule has 0 amide bonds. The van der Waals surface area contributed by atoms with E-state index in [0.29, 0.717) is 5.76 Å². The van der Waals surface area contributed by atoms with Gasteiger partial charge in [-0.15, -0.1) is 0 Å². The molecule has 0 N–H and O–H groups in total. The SMILES string of the molecule is COc1cccc(/C=C(\C#N)C(=O)c2ccoc2C)c1OC(F)F. The zero-order chi connectivity index (χ0) is 17.7. The standard InChI is InChI=1S/C17H13F2NO4/c1-10-13(6-7-23-10)15(21)12(9-20)8-11-4-3-5-14(22-2)16(11)24-17(18)19/h3-8,17H,1-2H3/b12-8+. The minimum atomic E-state index is -3.08. The number of ether oxygens (including phenoxy) is 2. The van der Waals surface area contributed by atoms with Crippen molar-refractivity contribution in [1.29, 1.82) is 5.26 Å². The number of ketones is 1. The molecule has 5 nitrogen and oxygen atoms in total. The fraction of sp³-hybridized carbons (Fsp3) is 0.176. The van der Waals surface area contributed by atoms with E-state index in [0.717, 1.165) is 0 Å². The lowest BCUT2D eigenvalue weighted by Gasteiger charge is -2.12. The normalized spacial score (nSPS) is 11.2. The van der Waals surface area contributed by atoms with Gasteiger partial charge in [-0.3, -0.25) is 4.79 Å². The number of Topliss-reactive ketones (excluding diaryl/α,β-unsaturated/α-hetero) is 1. The van der Waals surface area contributed by atoms with Crippen molar-refractivity contribution in [3.05, 3.63) is 53.0 Å². The van der Waals surface area contributed by atoms with Crippen LogP contribution in [-0.2, 0) is 0 Å². The number of allylic oxidation sites excluding steroid dienone is 1. The summed E-state index contributed by atoms with van der Waals surface area (Å²) in [5.41, 5.74) is 0.106. The number of rotatable bonds is 6. The van der Waals surface area contributed by atoms with Gasteiger partial charge in [-0.1, -0.05) is 12.1 Å². The maximum atomic E-state index is 12.6. The molecule has 24 heavy (non-hydrogen) atoms. The van der Waals surface area contributed by atoms with Gasteiger partial charge in [0.15, 0.2) is 11.5 Å². The Hall–Kier alpha value is -3.14. The van der Waals surface area contributed by atoms with Crippen LogP contribution in [-0.4, -0.2) is 19.5 Å². The molecule has 0 saturated heterocycles. The first-order valence-corrected chi connectivity index (χ1v) is 6.80. The Morgan fingerprint density at radius 1 is 1.38 bits per heavy atom. The van der Waals surface area contributed by atoms with Crippen LogP contribution in [0.25, 0.3) is 6.08 Å². The third kappa shape index (κ3) is 3.60. The van der Waals surface area contributed by atoms with Crippen LogP contribution in [0.15, 0.2) is 40.5 Å². The topological polar surface area (TPSA) is 72.5 Å². The number of alkyl halides is 2. The van der Waals surface area contributed by atoms with Gasteiger partial charge in [-0.25, -0.2) is 0 Å². The zero-order valence-corrected chi connectivity index (χ0v) is 12.9. The van der Waals surface area contributed by atoms with Crippen LogP contribution in [0.2, 0.25) is 0 Å². The van der Waals surface area contributed by atoms with Gasteiger partial charge in [0.05, 0.1) is 18.9 Å². The maximum Gasteiger partial charge on any atom is 0.387 e. The summed E-state index contributed by atoms with van der Waals surface area (Å²) in [5, 5.41) is 9.26. The molecule has 1 aromatic carbocycles. The molecular weight excluding hydrogens is 320 g/mol. The zero-order valence-electron chi connectivity index (χ0n) is 12.9. The molecule has 0 unspecified atom stereocenters. The molecule has 0 aliphatic carbocycles. The highest BCUT2D eigenvalue weighted by Crippen LogP contribution is 2.34. The lowest BCUT2D eigenvalue weighted by molar-refractivity contribution is -0.0513. The van der Waals surface area contributed by atoms with Gasteiger partial charge in [0, 0.05) is 5.56 Å². The number of carbonyl (C=O) groups is 1. The van der Waals surface area contributed by atoms with E-state index >= 15 is 0 Å². The van der Waals surface area contributed by atoms with Crippen molar-refractivity contribution in [1.82, 2.24) is 0 Å². The van der Waals surface area contributed by atoms with Crippen molar-refractivity contribution in [2.75, 3.05) is 7.11 Å². The highest BCUT2D eigenvalue weighted by Gasteiger charge is 2.19. The third-order valence-electron chi connectivity index (χ3n) is 3.20. The molecule has 1 aromatic heterocycles. The van der Waals surface area contributed by atoms with Crippen molar-refractivity contribution in [2.24, 2.45) is 0 Å². The number of carbonyl (C=O) groups excluding carboxylic acids is 1. The smallest absolute Gasteiger partial charge is 0.387 e. The second-order valence-corrected chi connectivity index (χ2v) is 4.65. The van der Waals surface area contributed by atoms with Crippen molar-refractivity contribution >= 4 is 11.9 Å². The molecule has 2 rings (SSSR count). The van der Waals surface area contributed by atoms with Crippen molar-refractivity contribution in [3.63, 3.8) is 0 Å². The summed E-state index contributed by atoms with van der Waals surface area (Å²) in [6.45, 7) is -1.50. The molecule has 0 saturated carbocycles. The average Bonchev–Trinajstić information content (AvgIpc) is 2.98. The number of benzene rings is 1. The fourth-order valence-electron chi connectivity index (χ4n) is 2.09. The lowest BCUT2D eigenvalue weighted by atomic mass is 10.0. The monoisotopic (exact) mass is 333 g/mol. The second-order valence-electron chi connectivity index (χ2n) is 4.65. The molecule has 0 spiro atoms. The molecule has 1 heterocycles. The van der Waals surface area contributed by atoms with Crippen LogP contribution in [0, 0.1) is 18.3 Å². The second kappa shape index (κ2) is 7.42. The van der Waals surface area contributed by atoms with E-state index in [4.69, 9.17) is 9.15 Å². The van der Waals surface area contributed by atoms with Crippen LogP contribution in [0.5, 0.6) is 11.5 Å². The minimum absolute atomic E-state index is 0.0632.